The van der Waals surface area contributed by atoms with Gasteiger partial charge >= 0.3 is 0 Å². The van der Waals surface area contributed by atoms with Crippen LogP contribution in [0.25, 0.3) is 10.8 Å². The van der Waals surface area contributed by atoms with E-state index >= 15 is 0 Å². The van der Waals surface area contributed by atoms with Crippen LogP contribution in [0.15, 0.2) is 53.5 Å². The Hall–Kier alpha value is -3.02. The maximum atomic E-state index is 12.0. The zero-order chi connectivity index (χ0) is 14.7. The third-order valence-corrected chi connectivity index (χ3v) is 3.04. The maximum absolute atomic E-state index is 12.0. The zero-order valence-corrected chi connectivity index (χ0v) is 11.0. The lowest BCUT2D eigenvalue weighted by Crippen LogP contribution is -2.18. The average molecular weight is 280 g/mol. The Balaban J connectivity index is 1.87. The molecule has 1 amide bonds. The fraction of sp³-hybridized carbons (Fsp3) is 0.0667. The SMILES string of the molecule is O=C(Cc1n[nH]c(=O)c2ccccc12)Nc1ccccn1. The molecule has 6 heteroatoms. The number of carbonyl (C=O) groups excluding carboxylic acids is 1. The fourth-order valence-electron chi connectivity index (χ4n) is 2.08. The number of carbonyl (C=O) groups is 1. The first-order valence-electron chi connectivity index (χ1n) is 6.41. The van der Waals surface area contributed by atoms with E-state index in [0.717, 1.165) is 0 Å². The summed E-state index contributed by atoms with van der Waals surface area (Å²) in [5.74, 6) is 0.245. The van der Waals surface area contributed by atoms with E-state index in [1.54, 1.807) is 42.6 Å². The van der Waals surface area contributed by atoms with Crippen molar-refractivity contribution in [3.8, 4) is 0 Å². The number of benzene rings is 1. The van der Waals surface area contributed by atoms with Gasteiger partial charge in [0.1, 0.15) is 5.82 Å². The highest BCUT2D eigenvalue weighted by Gasteiger charge is 2.11. The van der Waals surface area contributed by atoms with E-state index in [1.165, 1.54) is 0 Å². The van der Waals surface area contributed by atoms with Crippen LogP contribution >= 0.6 is 0 Å². The van der Waals surface area contributed by atoms with Gasteiger partial charge in [-0.3, -0.25) is 9.59 Å². The number of amides is 1. The van der Waals surface area contributed by atoms with Gasteiger partial charge in [0.2, 0.25) is 5.91 Å². The van der Waals surface area contributed by atoms with Crippen molar-refractivity contribution in [3.63, 3.8) is 0 Å². The van der Waals surface area contributed by atoms with Crippen LogP contribution in [0.4, 0.5) is 5.82 Å². The maximum Gasteiger partial charge on any atom is 0.272 e. The molecule has 21 heavy (non-hydrogen) atoms. The van der Waals surface area contributed by atoms with E-state index in [-0.39, 0.29) is 17.9 Å². The summed E-state index contributed by atoms with van der Waals surface area (Å²) < 4.78 is 0. The summed E-state index contributed by atoms with van der Waals surface area (Å²) in [7, 11) is 0. The number of rotatable bonds is 3. The van der Waals surface area contributed by atoms with E-state index in [2.05, 4.69) is 20.5 Å². The second-order valence-corrected chi connectivity index (χ2v) is 4.48. The molecule has 1 aromatic carbocycles. The summed E-state index contributed by atoms with van der Waals surface area (Å²) in [6.07, 6.45) is 1.66. The number of aromatic nitrogens is 3. The molecule has 2 heterocycles. The number of pyridine rings is 1. The first-order valence-corrected chi connectivity index (χ1v) is 6.41. The number of nitrogens with one attached hydrogen (secondary N) is 2. The highest BCUT2D eigenvalue weighted by atomic mass is 16.1. The lowest BCUT2D eigenvalue weighted by atomic mass is 10.1. The molecule has 0 aliphatic heterocycles. The monoisotopic (exact) mass is 280 g/mol. The molecule has 0 aliphatic carbocycles. The van der Waals surface area contributed by atoms with E-state index in [9.17, 15) is 9.59 Å². The number of aromatic amines is 1. The van der Waals surface area contributed by atoms with Crippen molar-refractivity contribution in [2.45, 2.75) is 6.42 Å². The molecule has 0 saturated carbocycles. The lowest BCUT2D eigenvalue weighted by Gasteiger charge is -2.05. The molecule has 3 rings (SSSR count). The van der Waals surface area contributed by atoms with Crippen LogP contribution in [0.1, 0.15) is 5.69 Å². The van der Waals surface area contributed by atoms with E-state index < -0.39 is 0 Å². The minimum Gasteiger partial charge on any atom is -0.310 e. The molecule has 2 aromatic heterocycles. The van der Waals surface area contributed by atoms with Gasteiger partial charge in [-0.1, -0.05) is 24.3 Å². The minimum atomic E-state index is -0.264. The number of anilines is 1. The van der Waals surface area contributed by atoms with Crippen LogP contribution in [0.3, 0.4) is 0 Å². The zero-order valence-electron chi connectivity index (χ0n) is 11.0. The van der Waals surface area contributed by atoms with Gasteiger partial charge in [0.05, 0.1) is 17.5 Å². The Morgan fingerprint density at radius 2 is 1.86 bits per heavy atom. The van der Waals surface area contributed by atoms with Gasteiger partial charge in [-0.05, 0) is 18.2 Å². The summed E-state index contributed by atoms with van der Waals surface area (Å²) in [5, 5.41) is 10.3. The topological polar surface area (TPSA) is 87.7 Å². The summed E-state index contributed by atoms with van der Waals surface area (Å²) in [6, 6.07) is 12.3. The van der Waals surface area contributed by atoms with Gasteiger partial charge in [0.25, 0.3) is 5.56 Å². The van der Waals surface area contributed by atoms with Crippen molar-refractivity contribution in [3.05, 3.63) is 64.7 Å². The van der Waals surface area contributed by atoms with Crippen molar-refractivity contribution in [2.24, 2.45) is 0 Å². The Kier molecular flexibility index (Phi) is 3.42. The summed E-state index contributed by atoms with van der Waals surface area (Å²) in [6.45, 7) is 0. The molecule has 0 spiro atoms. The van der Waals surface area contributed by atoms with Gasteiger partial charge < -0.3 is 5.32 Å². The molecule has 0 atom stereocenters. The van der Waals surface area contributed by atoms with Crippen molar-refractivity contribution >= 4 is 22.5 Å². The van der Waals surface area contributed by atoms with Crippen molar-refractivity contribution < 1.29 is 4.79 Å². The average Bonchev–Trinajstić information content (AvgIpc) is 2.51. The van der Waals surface area contributed by atoms with Gasteiger partial charge in [0, 0.05) is 11.6 Å². The molecule has 0 bridgehead atoms. The van der Waals surface area contributed by atoms with Crippen molar-refractivity contribution in [1.29, 1.82) is 0 Å². The molecular formula is C15H12N4O2. The van der Waals surface area contributed by atoms with Crippen LogP contribution in [-0.4, -0.2) is 21.1 Å². The van der Waals surface area contributed by atoms with Crippen LogP contribution in [0.2, 0.25) is 0 Å². The summed E-state index contributed by atoms with van der Waals surface area (Å²) in [4.78, 5) is 27.7. The van der Waals surface area contributed by atoms with E-state index in [1.807, 2.05) is 6.07 Å². The van der Waals surface area contributed by atoms with Gasteiger partial charge in [0.15, 0.2) is 0 Å². The van der Waals surface area contributed by atoms with E-state index in [4.69, 9.17) is 0 Å². The van der Waals surface area contributed by atoms with Gasteiger partial charge in [-0.2, -0.15) is 5.10 Å². The molecule has 0 radical (unpaired) electrons. The first-order chi connectivity index (χ1) is 10.2. The van der Waals surface area contributed by atoms with Crippen molar-refractivity contribution in [1.82, 2.24) is 15.2 Å². The van der Waals surface area contributed by atoms with Crippen LogP contribution in [0.5, 0.6) is 0 Å². The second kappa shape index (κ2) is 5.54. The Morgan fingerprint density at radius 3 is 2.62 bits per heavy atom. The molecule has 0 fully saturated rings. The predicted octanol–water partition coefficient (Wildman–Crippen LogP) is 1.50. The molecule has 0 unspecified atom stereocenters. The van der Waals surface area contributed by atoms with E-state index in [0.29, 0.717) is 22.3 Å². The van der Waals surface area contributed by atoms with Gasteiger partial charge in [-0.25, -0.2) is 10.1 Å². The summed E-state index contributed by atoms with van der Waals surface area (Å²) >= 11 is 0. The number of hydrogen-bond acceptors (Lipinski definition) is 4. The number of H-pyrrole nitrogens is 1. The fourth-order valence-corrected chi connectivity index (χ4v) is 2.08. The Bertz CT molecular complexity index is 843. The highest BCUT2D eigenvalue weighted by molar-refractivity contribution is 5.94. The third kappa shape index (κ3) is 2.79. The van der Waals surface area contributed by atoms with Crippen LogP contribution in [-0.2, 0) is 11.2 Å². The van der Waals surface area contributed by atoms with Crippen molar-refractivity contribution in [2.75, 3.05) is 5.32 Å². The lowest BCUT2D eigenvalue weighted by molar-refractivity contribution is -0.115. The van der Waals surface area contributed by atoms with Gasteiger partial charge in [-0.15, -0.1) is 0 Å². The Morgan fingerprint density at radius 1 is 1.10 bits per heavy atom. The minimum absolute atomic E-state index is 0.0634. The standard InChI is InChI=1S/C15H12N4O2/c20-14(17-13-7-3-4-8-16-13)9-12-10-5-1-2-6-11(10)15(21)19-18-12/h1-8H,9H2,(H,19,21)(H,16,17,20). The number of fused-ring (bicyclic) bond motifs is 1. The third-order valence-electron chi connectivity index (χ3n) is 3.04. The van der Waals surface area contributed by atoms with Crippen LogP contribution < -0.4 is 10.9 Å². The quantitative estimate of drug-likeness (QED) is 0.761. The molecule has 3 aromatic rings. The summed E-state index contributed by atoms with van der Waals surface area (Å²) in [5.41, 5.74) is 0.262. The molecular weight excluding hydrogens is 268 g/mol. The normalized spacial score (nSPS) is 10.5. The van der Waals surface area contributed by atoms with Crippen LogP contribution in [0, 0.1) is 0 Å². The molecule has 0 aliphatic rings. The molecule has 0 saturated heterocycles. The largest absolute Gasteiger partial charge is 0.310 e. The second-order valence-electron chi connectivity index (χ2n) is 4.48. The molecule has 6 nitrogen and oxygen atoms in total. The Labute approximate surface area is 119 Å². The number of hydrogen-bond donors (Lipinski definition) is 2. The predicted molar refractivity (Wildman–Crippen MR) is 78.9 cm³/mol. The highest BCUT2D eigenvalue weighted by Crippen LogP contribution is 2.13. The first kappa shape index (κ1) is 13.0. The molecule has 2 N–H and O–H groups in total. The smallest absolute Gasteiger partial charge is 0.272 e. The number of nitrogens with zero attached hydrogens (tertiary/aromatic N) is 2. The molecule has 104 valence electrons.